The third-order valence-corrected chi connectivity index (χ3v) is 6.46. The fourth-order valence-electron chi connectivity index (χ4n) is 4.10. The molecule has 0 bridgehead atoms. The molecule has 2 aromatic carbocycles. The maximum Gasteiger partial charge on any atom is 0.295 e. The number of aliphatic hydroxyl groups is 1. The fraction of sp³-hybridized carbons (Fsp3) is 0.407. The van der Waals surface area contributed by atoms with Crippen molar-refractivity contribution >= 4 is 33.4 Å². The SMILES string of the molecule is CCCCOc1ccc(C(O)=C2C(=O)C(=O)N(CCCN(C)C)[C@@H]2c2ccc(Br)cc2)cc1C. The lowest BCUT2D eigenvalue weighted by atomic mass is 9.94. The topological polar surface area (TPSA) is 70.1 Å². The van der Waals surface area contributed by atoms with Gasteiger partial charge in [-0.15, -0.1) is 0 Å². The number of halogens is 1. The Hall–Kier alpha value is -2.64. The molecule has 3 rings (SSSR count). The predicted octanol–water partition coefficient (Wildman–Crippen LogP) is 5.31. The largest absolute Gasteiger partial charge is 0.507 e. The maximum absolute atomic E-state index is 13.2. The Kier molecular flexibility index (Phi) is 8.91. The fourth-order valence-corrected chi connectivity index (χ4v) is 4.36. The van der Waals surface area contributed by atoms with Crippen LogP contribution in [-0.4, -0.2) is 60.4 Å². The van der Waals surface area contributed by atoms with Crippen molar-refractivity contribution in [1.29, 1.82) is 0 Å². The van der Waals surface area contributed by atoms with Gasteiger partial charge < -0.3 is 19.6 Å². The number of ketones is 1. The first-order valence-corrected chi connectivity index (χ1v) is 12.5. The number of ether oxygens (including phenoxy) is 1. The summed E-state index contributed by atoms with van der Waals surface area (Å²) in [6, 6.07) is 12.2. The van der Waals surface area contributed by atoms with Gasteiger partial charge in [0, 0.05) is 16.6 Å². The van der Waals surface area contributed by atoms with Crippen molar-refractivity contribution in [3.63, 3.8) is 0 Å². The van der Waals surface area contributed by atoms with E-state index < -0.39 is 17.7 Å². The lowest BCUT2D eigenvalue weighted by Gasteiger charge is -2.26. The van der Waals surface area contributed by atoms with Crippen LogP contribution in [0.1, 0.15) is 48.9 Å². The second-order valence-electron chi connectivity index (χ2n) is 8.88. The first kappa shape index (κ1) is 26.0. The highest BCUT2D eigenvalue weighted by Gasteiger charge is 2.45. The summed E-state index contributed by atoms with van der Waals surface area (Å²) in [5.41, 5.74) is 2.26. The van der Waals surface area contributed by atoms with Crippen LogP contribution in [0.5, 0.6) is 5.75 Å². The molecule has 1 atom stereocenters. The summed E-state index contributed by atoms with van der Waals surface area (Å²) < 4.78 is 6.72. The number of carbonyl (C=O) groups is 2. The quantitative estimate of drug-likeness (QED) is 0.196. The van der Waals surface area contributed by atoms with E-state index in [0.717, 1.165) is 47.2 Å². The Morgan fingerprint density at radius 3 is 2.44 bits per heavy atom. The zero-order valence-electron chi connectivity index (χ0n) is 20.3. The highest BCUT2D eigenvalue weighted by atomic mass is 79.9. The summed E-state index contributed by atoms with van der Waals surface area (Å²) in [6.07, 6.45) is 2.73. The molecule has 0 radical (unpaired) electrons. The van der Waals surface area contributed by atoms with Crippen molar-refractivity contribution in [2.45, 2.75) is 39.2 Å². The molecule has 1 heterocycles. The normalized spacial score (nSPS) is 17.6. The van der Waals surface area contributed by atoms with Gasteiger partial charge in [0.25, 0.3) is 11.7 Å². The lowest BCUT2D eigenvalue weighted by molar-refractivity contribution is -0.139. The summed E-state index contributed by atoms with van der Waals surface area (Å²) >= 11 is 3.44. The Bertz CT molecular complexity index is 1060. The second kappa shape index (κ2) is 11.7. The number of likely N-dealkylation sites (tertiary alicyclic amines) is 1. The summed E-state index contributed by atoms with van der Waals surface area (Å²) in [5.74, 6) is -0.649. The number of Topliss-reactive ketones (excluding diaryl/α,β-unsaturated/α-hetero) is 1. The molecule has 1 amide bonds. The van der Waals surface area contributed by atoms with Crippen LogP contribution in [0.2, 0.25) is 0 Å². The van der Waals surface area contributed by atoms with E-state index in [-0.39, 0.29) is 11.3 Å². The molecule has 0 aromatic heterocycles. The van der Waals surface area contributed by atoms with E-state index in [0.29, 0.717) is 18.7 Å². The first-order valence-electron chi connectivity index (χ1n) is 11.7. The van der Waals surface area contributed by atoms with Crippen LogP contribution >= 0.6 is 15.9 Å². The molecule has 34 heavy (non-hydrogen) atoms. The molecule has 6 nitrogen and oxygen atoms in total. The molecule has 0 unspecified atom stereocenters. The van der Waals surface area contributed by atoms with Crippen LogP contribution in [0.3, 0.4) is 0 Å². The van der Waals surface area contributed by atoms with Crippen molar-refractivity contribution in [3.05, 3.63) is 69.2 Å². The number of carbonyl (C=O) groups excluding carboxylic acids is 2. The summed E-state index contributed by atoms with van der Waals surface area (Å²) in [5, 5.41) is 11.3. The van der Waals surface area contributed by atoms with Crippen LogP contribution < -0.4 is 4.74 Å². The number of hydrogen-bond acceptors (Lipinski definition) is 5. The standard InChI is InChI=1S/C27H33BrN2O4/c1-5-6-16-34-22-13-10-20(17-18(22)2)25(31)23-24(19-8-11-21(28)12-9-19)30(27(33)26(23)32)15-7-14-29(3)4/h8-13,17,24,31H,5-7,14-16H2,1-4H3/t24-/m1/s1. The molecule has 1 saturated heterocycles. The van der Waals surface area contributed by atoms with E-state index in [1.54, 1.807) is 17.0 Å². The number of aliphatic hydroxyl groups excluding tert-OH is 1. The Balaban J connectivity index is 2.02. The van der Waals surface area contributed by atoms with Gasteiger partial charge in [-0.1, -0.05) is 41.4 Å². The smallest absolute Gasteiger partial charge is 0.295 e. The van der Waals surface area contributed by atoms with Crippen LogP contribution in [-0.2, 0) is 9.59 Å². The minimum absolute atomic E-state index is 0.122. The number of benzene rings is 2. The molecule has 1 fully saturated rings. The molecule has 2 aromatic rings. The van der Waals surface area contributed by atoms with E-state index in [9.17, 15) is 14.7 Å². The van der Waals surface area contributed by atoms with Crippen molar-refractivity contribution in [2.75, 3.05) is 33.8 Å². The molecule has 1 aliphatic heterocycles. The van der Waals surface area contributed by atoms with Crippen LogP contribution in [0.15, 0.2) is 52.5 Å². The molecule has 1 N–H and O–H groups in total. The number of aryl methyl sites for hydroxylation is 1. The number of nitrogens with zero attached hydrogens (tertiary/aromatic N) is 2. The van der Waals surface area contributed by atoms with Crippen LogP contribution in [0.4, 0.5) is 0 Å². The minimum atomic E-state index is -0.656. The molecule has 0 saturated carbocycles. The third-order valence-electron chi connectivity index (χ3n) is 5.93. The Labute approximate surface area is 210 Å². The second-order valence-corrected chi connectivity index (χ2v) is 9.80. The van der Waals surface area contributed by atoms with Gasteiger partial charge in [0.15, 0.2) is 0 Å². The van der Waals surface area contributed by atoms with Gasteiger partial charge in [-0.3, -0.25) is 9.59 Å². The highest BCUT2D eigenvalue weighted by Crippen LogP contribution is 2.40. The van der Waals surface area contributed by atoms with Crippen molar-refractivity contribution < 1.29 is 19.4 Å². The molecule has 0 spiro atoms. The zero-order chi connectivity index (χ0) is 24.8. The van der Waals surface area contributed by atoms with E-state index in [1.807, 2.05) is 56.3 Å². The minimum Gasteiger partial charge on any atom is -0.507 e. The van der Waals surface area contributed by atoms with Gasteiger partial charge >= 0.3 is 0 Å². The van der Waals surface area contributed by atoms with Gasteiger partial charge in [-0.2, -0.15) is 0 Å². The van der Waals surface area contributed by atoms with E-state index in [2.05, 4.69) is 22.9 Å². The van der Waals surface area contributed by atoms with Crippen molar-refractivity contribution in [3.8, 4) is 5.75 Å². The molecule has 0 aliphatic carbocycles. The molecular formula is C27H33BrN2O4. The number of amides is 1. The molecular weight excluding hydrogens is 496 g/mol. The van der Waals surface area contributed by atoms with Gasteiger partial charge in [0.05, 0.1) is 18.2 Å². The summed E-state index contributed by atoms with van der Waals surface area (Å²) in [4.78, 5) is 29.8. The van der Waals surface area contributed by atoms with E-state index in [1.165, 1.54) is 0 Å². The summed E-state index contributed by atoms with van der Waals surface area (Å²) in [6.45, 7) is 5.85. The molecule has 1 aliphatic rings. The van der Waals surface area contributed by atoms with Gasteiger partial charge in [0.2, 0.25) is 0 Å². The Morgan fingerprint density at radius 2 is 1.82 bits per heavy atom. The van der Waals surface area contributed by atoms with E-state index >= 15 is 0 Å². The third kappa shape index (κ3) is 5.88. The van der Waals surface area contributed by atoms with Gasteiger partial charge in [-0.25, -0.2) is 0 Å². The van der Waals surface area contributed by atoms with Crippen LogP contribution in [0, 0.1) is 6.92 Å². The average molecular weight is 529 g/mol. The first-order chi connectivity index (χ1) is 16.2. The number of unbranched alkanes of at least 4 members (excludes halogenated alkanes) is 1. The van der Waals surface area contributed by atoms with Crippen molar-refractivity contribution in [2.24, 2.45) is 0 Å². The lowest BCUT2D eigenvalue weighted by Crippen LogP contribution is -2.32. The number of hydrogen-bond donors (Lipinski definition) is 1. The maximum atomic E-state index is 13.2. The molecule has 7 heteroatoms. The van der Waals surface area contributed by atoms with Crippen LogP contribution in [0.25, 0.3) is 5.76 Å². The Morgan fingerprint density at radius 1 is 1.12 bits per heavy atom. The molecule has 182 valence electrons. The average Bonchev–Trinajstić information content (AvgIpc) is 3.05. The zero-order valence-corrected chi connectivity index (χ0v) is 21.9. The monoisotopic (exact) mass is 528 g/mol. The van der Waals surface area contributed by atoms with E-state index in [4.69, 9.17) is 4.74 Å². The summed E-state index contributed by atoms with van der Waals surface area (Å²) in [7, 11) is 3.94. The van der Waals surface area contributed by atoms with Gasteiger partial charge in [-0.05, 0) is 81.9 Å². The highest BCUT2D eigenvalue weighted by molar-refractivity contribution is 9.10. The van der Waals surface area contributed by atoms with Gasteiger partial charge in [0.1, 0.15) is 11.5 Å². The predicted molar refractivity (Wildman–Crippen MR) is 138 cm³/mol. The van der Waals surface area contributed by atoms with Crippen molar-refractivity contribution in [1.82, 2.24) is 9.80 Å². The number of rotatable bonds is 10.